The molecule has 0 spiro atoms. The van der Waals surface area contributed by atoms with Gasteiger partial charge in [-0.05, 0) is 32.9 Å². The average molecular weight is 241 g/mol. The highest BCUT2D eigenvalue weighted by atomic mass is 16.5. The van der Waals surface area contributed by atoms with E-state index in [0.717, 1.165) is 39.0 Å². The first kappa shape index (κ1) is 12.8. The highest BCUT2D eigenvalue weighted by Crippen LogP contribution is 2.16. The fraction of sp³-hybridized carbons (Fsp3) is 0.917. The number of ether oxygens (including phenoxy) is 1. The molecule has 0 aromatic carbocycles. The Morgan fingerprint density at radius 2 is 2.24 bits per heavy atom. The van der Waals surface area contributed by atoms with Crippen LogP contribution in [0.15, 0.2) is 0 Å². The zero-order valence-electron chi connectivity index (χ0n) is 10.7. The van der Waals surface area contributed by atoms with Crippen LogP contribution < -0.4 is 10.6 Å². The lowest BCUT2D eigenvalue weighted by atomic mass is 10.1. The van der Waals surface area contributed by atoms with E-state index in [0.29, 0.717) is 12.1 Å². The van der Waals surface area contributed by atoms with Crippen molar-refractivity contribution in [3.8, 4) is 0 Å². The summed E-state index contributed by atoms with van der Waals surface area (Å²) >= 11 is 0. The lowest BCUT2D eigenvalue weighted by Gasteiger charge is -2.35. The molecular weight excluding hydrogens is 218 g/mol. The number of amides is 1. The molecular formula is C12H23N3O2. The van der Waals surface area contributed by atoms with Crippen LogP contribution in [0.5, 0.6) is 0 Å². The first-order chi connectivity index (χ1) is 8.20. The number of likely N-dealkylation sites (N-methyl/N-ethyl adjacent to an activating group) is 2. The molecule has 5 nitrogen and oxygen atoms in total. The number of carbonyl (C=O) groups excluding carboxylic acids is 1. The number of nitrogens with one attached hydrogen (secondary N) is 2. The van der Waals surface area contributed by atoms with Crippen molar-refractivity contribution in [1.29, 1.82) is 0 Å². The minimum atomic E-state index is 0.0161. The van der Waals surface area contributed by atoms with E-state index in [1.807, 2.05) is 0 Å². The zero-order valence-corrected chi connectivity index (χ0v) is 10.7. The molecule has 0 bridgehead atoms. The fourth-order valence-corrected chi connectivity index (χ4v) is 2.45. The summed E-state index contributed by atoms with van der Waals surface area (Å²) in [5.41, 5.74) is 0. The number of hydrogen-bond donors (Lipinski definition) is 2. The summed E-state index contributed by atoms with van der Waals surface area (Å²) in [6, 6.07) is 1.11. The molecule has 2 heterocycles. The summed E-state index contributed by atoms with van der Waals surface area (Å²) in [5.74, 6) is 0.119. The van der Waals surface area contributed by atoms with Gasteiger partial charge in [0, 0.05) is 13.1 Å². The molecule has 2 fully saturated rings. The molecule has 0 aromatic heterocycles. The Kier molecular flexibility index (Phi) is 4.36. The fourth-order valence-electron chi connectivity index (χ4n) is 2.45. The molecule has 2 unspecified atom stereocenters. The molecule has 0 saturated carbocycles. The number of carbonyl (C=O) groups is 1. The molecule has 98 valence electrons. The van der Waals surface area contributed by atoms with Crippen molar-refractivity contribution in [2.45, 2.75) is 37.4 Å². The van der Waals surface area contributed by atoms with Gasteiger partial charge in [-0.2, -0.15) is 0 Å². The maximum absolute atomic E-state index is 11.5. The van der Waals surface area contributed by atoms with E-state index in [9.17, 15) is 4.79 Å². The molecule has 0 aromatic rings. The van der Waals surface area contributed by atoms with Crippen LogP contribution >= 0.6 is 0 Å². The quantitative estimate of drug-likeness (QED) is 0.686. The molecule has 17 heavy (non-hydrogen) atoms. The summed E-state index contributed by atoms with van der Waals surface area (Å²) in [5, 5.41) is 6.10. The van der Waals surface area contributed by atoms with Gasteiger partial charge in [0.2, 0.25) is 5.91 Å². The maximum atomic E-state index is 11.5. The predicted octanol–water partition coefficient (Wildman–Crippen LogP) is -0.426. The van der Waals surface area contributed by atoms with Crippen molar-refractivity contribution in [1.82, 2.24) is 15.5 Å². The van der Waals surface area contributed by atoms with E-state index in [4.69, 9.17) is 4.74 Å². The third-order valence-electron chi connectivity index (χ3n) is 3.88. The zero-order chi connectivity index (χ0) is 12.3. The standard InChI is InChI=1S/C12H23N3O2/c1-13-12(16)11-4-3-9(14-11)5-6-15(2)10-7-17-8-10/h9-11,14H,3-8H2,1-2H3,(H,13,16). The van der Waals surface area contributed by atoms with Crippen LogP contribution in [0.3, 0.4) is 0 Å². The van der Waals surface area contributed by atoms with Crippen molar-refractivity contribution >= 4 is 5.91 Å². The second kappa shape index (κ2) is 5.80. The largest absolute Gasteiger partial charge is 0.378 e. The van der Waals surface area contributed by atoms with Crippen molar-refractivity contribution in [3.05, 3.63) is 0 Å². The molecule has 2 rings (SSSR count). The minimum absolute atomic E-state index is 0.0161. The van der Waals surface area contributed by atoms with Gasteiger partial charge in [-0.15, -0.1) is 0 Å². The summed E-state index contributed by atoms with van der Waals surface area (Å²) in [6.07, 6.45) is 3.17. The van der Waals surface area contributed by atoms with Gasteiger partial charge >= 0.3 is 0 Å². The highest BCUT2D eigenvalue weighted by molar-refractivity contribution is 5.81. The molecule has 2 aliphatic heterocycles. The molecule has 1 amide bonds. The number of hydrogen-bond acceptors (Lipinski definition) is 4. The van der Waals surface area contributed by atoms with Crippen LogP contribution in [0.4, 0.5) is 0 Å². The Balaban J connectivity index is 1.65. The molecule has 2 N–H and O–H groups in total. The van der Waals surface area contributed by atoms with Gasteiger partial charge < -0.3 is 15.4 Å². The maximum Gasteiger partial charge on any atom is 0.236 e. The molecule has 2 saturated heterocycles. The second-order valence-corrected chi connectivity index (χ2v) is 5.07. The first-order valence-electron chi connectivity index (χ1n) is 6.46. The molecule has 2 atom stereocenters. The van der Waals surface area contributed by atoms with Gasteiger partial charge in [-0.1, -0.05) is 0 Å². The van der Waals surface area contributed by atoms with Crippen molar-refractivity contribution in [2.75, 3.05) is 33.9 Å². The summed E-state index contributed by atoms with van der Waals surface area (Å²) in [6.45, 7) is 2.82. The minimum Gasteiger partial charge on any atom is -0.378 e. The summed E-state index contributed by atoms with van der Waals surface area (Å²) in [7, 11) is 3.85. The van der Waals surface area contributed by atoms with Crippen molar-refractivity contribution in [2.24, 2.45) is 0 Å². The lowest BCUT2D eigenvalue weighted by Crippen LogP contribution is -2.48. The van der Waals surface area contributed by atoms with E-state index in [-0.39, 0.29) is 11.9 Å². The number of rotatable bonds is 5. The Bertz CT molecular complexity index is 268. The van der Waals surface area contributed by atoms with E-state index in [1.165, 1.54) is 0 Å². The van der Waals surface area contributed by atoms with Gasteiger partial charge in [-0.3, -0.25) is 9.69 Å². The first-order valence-corrected chi connectivity index (χ1v) is 6.46. The lowest BCUT2D eigenvalue weighted by molar-refractivity contribution is -0.122. The SMILES string of the molecule is CNC(=O)C1CCC(CCN(C)C2COC2)N1. The third-order valence-corrected chi connectivity index (χ3v) is 3.88. The van der Waals surface area contributed by atoms with Crippen LogP contribution in [-0.4, -0.2) is 62.8 Å². The third kappa shape index (κ3) is 3.18. The van der Waals surface area contributed by atoms with Crippen LogP contribution in [0, 0.1) is 0 Å². The topological polar surface area (TPSA) is 53.6 Å². The van der Waals surface area contributed by atoms with Crippen LogP contribution in [-0.2, 0) is 9.53 Å². The normalized spacial score (nSPS) is 29.4. The van der Waals surface area contributed by atoms with Gasteiger partial charge in [0.1, 0.15) is 0 Å². The average Bonchev–Trinajstić information content (AvgIpc) is 2.71. The summed E-state index contributed by atoms with van der Waals surface area (Å²) < 4.78 is 5.18. The monoisotopic (exact) mass is 241 g/mol. The Labute approximate surface area is 103 Å². The van der Waals surface area contributed by atoms with Crippen LogP contribution in [0.2, 0.25) is 0 Å². The van der Waals surface area contributed by atoms with E-state index in [1.54, 1.807) is 7.05 Å². The predicted molar refractivity (Wildman–Crippen MR) is 65.9 cm³/mol. The van der Waals surface area contributed by atoms with E-state index in [2.05, 4.69) is 22.6 Å². The van der Waals surface area contributed by atoms with Gasteiger partial charge in [0.25, 0.3) is 0 Å². The van der Waals surface area contributed by atoms with Gasteiger partial charge in [0.05, 0.1) is 25.3 Å². The molecule has 2 aliphatic rings. The van der Waals surface area contributed by atoms with Crippen LogP contribution in [0.1, 0.15) is 19.3 Å². The Morgan fingerprint density at radius 1 is 1.47 bits per heavy atom. The van der Waals surface area contributed by atoms with E-state index < -0.39 is 0 Å². The Morgan fingerprint density at radius 3 is 2.82 bits per heavy atom. The van der Waals surface area contributed by atoms with Crippen molar-refractivity contribution < 1.29 is 9.53 Å². The molecule has 5 heteroatoms. The van der Waals surface area contributed by atoms with E-state index >= 15 is 0 Å². The number of nitrogens with zero attached hydrogens (tertiary/aromatic N) is 1. The van der Waals surface area contributed by atoms with Gasteiger partial charge in [-0.25, -0.2) is 0 Å². The molecule has 0 radical (unpaired) electrons. The smallest absolute Gasteiger partial charge is 0.236 e. The highest BCUT2D eigenvalue weighted by Gasteiger charge is 2.29. The molecule has 0 aliphatic carbocycles. The second-order valence-electron chi connectivity index (χ2n) is 5.07. The Hall–Kier alpha value is -0.650. The van der Waals surface area contributed by atoms with Gasteiger partial charge in [0.15, 0.2) is 0 Å². The van der Waals surface area contributed by atoms with Crippen LogP contribution in [0.25, 0.3) is 0 Å². The summed E-state index contributed by atoms with van der Waals surface area (Å²) in [4.78, 5) is 13.8. The van der Waals surface area contributed by atoms with Crippen molar-refractivity contribution in [3.63, 3.8) is 0 Å².